The zero-order valence-electron chi connectivity index (χ0n) is 12.9. The highest BCUT2D eigenvalue weighted by Crippen LogP contribution is 2.24. The first-order chi connectivity index (χ1) is 10.2. The summed E-state index contributed by atoms with van der Waals surface area (Å²) in [5.41, 5.74) is 0.577. The summed E-state index contributed by atoms with van der Waals surface area (Å²) >= 11 is 6.11. The molecule has 4 nitrogen and oxygen atoms in total. The monoisotopic (exact) mass is 309 g/mol. The minimum absolute atomic E-state index is 0.0456. The molecule has 116 valence electrons. The summed E-state index contributed by atoms with van der Waals surface area (Å²) < 4.78 is 0. The van der Waals surface area contributed by atoms with Gasteiger partial charge in [-0.1, -0.05) is 31.4 Å². The Morgan fingerprint density at radius 1 is 1.48 bits per heavy atom. The van der Waals surface area contributed by atoms with Crippen LogP contribution in [0.2, 0.25) is 5.02 Å². The molecule has 1 amide bonds. The first-order valence-corrected chi connectivity index (χ1v) is 8.16. The zero-order chi connectivity index (χ0) is 15.2. The van der Waals surface area contributed by atoms with Crippen LogP contribution in [0.1, 0.15) is 49.4 Å². The van der Waals surface area contributed by atoms with E-state index in [2.05, 4.69) is 17.2 Å². The minimum Gasteiger partial charge on any atom is -0.372 e. The third-order valence-corrected chi connectivity index (χ3v) is 4.44. The van der Waals surface area contributed by atoms with Gasteiger partial charge in [0.25, 0.3) is 5.91 Å². The lowest BCUT2D eigenvalue weighted by molar-refractivity contribution is 0.0759. The Kier molecular flexibility index (Phi) is 5.85. The quantitative estimate of drug-likeness (QED) is 0.919. The van der Waals surface area contributed by atoms with Gasteiger partial charge in [-0.3, -0.25) is 4.79 Å². The van der Waals surface area contributed by atoms with Crippen LogP contribution in [-0.4, -0.2) is 35.9 Å². The number of anilines is 1. The highest BCUT2D eigenvalue weighted by molar-refractivity contribution is 6.33. The summed E-state index contributed by atoms with van der Waals surface area (Å²) in [5.74, 6) is 1.41. The summed E-state index contributed by atoms with van der Waals surface area (Å²) in [5, 5.41) is 3.39. The topological polar surface area (TPSA) is 45.2 Å². The number of nitrogens with zero attached hydrogens (tertiary/aromatic N) is 2. The fourth-order valence-corrected chi connectivity index (χ4v) is 3.25. The van der Waals surface area contributed by atoms with Gasteiger partial charge < -0.3 is 10.2 Å². The summed E-state index contributed by atoms with van der Waals surface area (Å²) in [6.45, 7) is 3.91. The summed E-state index contributed by atoms with van der Waals surface area (Å²) in [7, 11) is 1.76. The van der Waals surface area contributed by atoms with Gasteiger partial charge in [-0.15, -0.1) is 0 Å². The largest absolute Gasteiger partial charge is 0.372 e. The number of carbonyl (C=O) groups excluding carboxylic acids is 1. The van der Waals surface area contributed by atoms with Crippen molar-refractivity contribution in [3.05, 3.63) is 22.8 Å². The molecule has 1 saturated heterocycles. The van der Waals surface area contributed by atoms with E-state index in [1.54, 1.807) is 19.3 Å². The van der Waals surface area contributed by atoms with E-state index < -0.39 is 0 Å². The molecule has 1 aliphatic heterocycles. The maximum Gasteiger partial charge on any atom is 0.255 e. The van der Waals surface area contributed by atoms with Gasteiger partial charge >= 0.3 is 0 Å². The predicted octanol–water partition coefficient (Wildman–Crippen LogP) is 3.82. The number of rotatable bonds is 4. The Labute approximate surface area is 131 Å². The lowest BCUT2D eigenvalue weighted by atomic mass is 9.96. The second-order valence-electron chi connectivity index (χ2n) is 5.68. The van der Waals surface area contributed by atoms with Crippen LogP contribution >= 0.6 is 11.6 Å². The number of amides is 1. The van der Waals surface area contributed by atoms with E-state index >= 15 is 0 Å². The van der Waals surface area contributed by atoms with E-state index in [1.165, 1.54) is 19.3 Å². The Balaban J connectivity index is 2.04. The van der Waals surface area contributed by atoms with Crippen molar-refractivity contribution in [3.8, 4) is 0 Å². The second kappa shape index (κ2) is 7.64. The highest BCUT2D eigenvalue weighted by Gasteiger charge is 2.22. The van der Waals surface area contributed by atoms with Crippen molar-refractivity contribution >= 4 is 23.3 Å². The maximum atomic E-state index is 12.6. The van der Waals surface area contributed by atoms with Gasteiger partial charge in [0.1, 0.15) is 5.82 Å². The third-order valence-electron chi connectivity index (χ3n) is 4.16. The van der Waals surface area contributed by atoms with Crippen molar-refractivity contribution in [3.63, 3.8) is 0 Å². The Bertz CT molecular complexity index is 492. The van der Waals surface area contributed by atoms with E-state index in [4.69, 9.17) is 11.6 Å². The van der Waals surface area contributed by atoms with Crippen LogP contribution in [0.3, 0.4) is 0 Å². The average Bonchev–Trinajstić information content (AvgIpc) is 2.72. The zero-order valence-corrected chi connectivity index (χ0v) is 13.6. The molecule has 0 aliphatic carbocycles. The number of nitrogens with one attached hydrogen (secondary N) is 1. The molecule has 1 atom stereocenters. The summed E-state index contributed by atoms with van der Waals surface area (Å²) in [6.07, 6.45) is 7.53. The standard InChI is InChI=1S/C16H24ClN3O/c1-3-5-12-6-4-8-20(9-7-12)16(21)13-10-14(17)15(18-2)19-11-13/h10-12H,3-9H2,1-2H3,(H,18,19). The minimum atomic E-state index is 0.0456. The van der Waals surface area contributed by atoms with Gasteiger partial charge in [0.2, 0.25) is 0 Å². The maximum absolute atomic E-state index is 12.6. The van der Waals surface area contributed by atoms with Gasteiger partial charge in [0.15, 0.2) is 0 Å². The molecule has 5 heteroatoms. The number of pyridine rings is 1. The number of carbonyl (C=O) groups is 1. The van der Waals surface area contributed by atoms with Gasteiger partial charge in [-0.25, -0.2) is 4.98 Å². The van der Waals surface area contributed by atoms with Gasteiger partial charge in [-0.2, -0.15) is 0 Å². The molecule has 1 N–H and O–H groups in total. The summed E-state index contributed by atoms with van der Waals surface area (Å²) in [6, 6.07) is 1.71. The Morgan fingerprint density at radius 2 is 2.29 bits per heavy atom. The fraction of sp³-hybridized carbons (Fsp3) is 0.625. The fourth-order valence-electron chi connectivity index (χ4n) is 2.99. The average molecular weight is 310 g/mol. The Morgan fingerprint density at radius 3 is 2.95 bits per heavy atom. The summed E-state index contributed by atoms with van der Waals surface area (Å²) in [4.78, 5) is 18.7. The van der Waals surface area contributed by atoms with E-state index in [1.807, 2.05) is 4.90 Å². The van der Waals surface area contributed by atoms with Gasteiger partial charge in [0.05, 0.1) is 10.6 Å². The third kappa shape index (κ3) is 4.10. The molecule has 21 heavy (non-hydrogen) atoms. The number of likely N-dealkylation sites (tertiary alicyclic amines) is 1. The molecule has 1 aromatic heterocycles. The van der Waals surface area contributed by atoms with Gasteiger partial charge in [-0.05, 0) is 31.2 Å². The molecule has 0 saturated carbocycles. The number of hydrogen-bond donors (Lipinski definition) is 1. The van der Waals surface area contributed by atoms with Crippen molar-refractivity contribution < 1.29 is 4.79 Å². The van der Waals surface area contributed by atoms with Crippen LogP contribution in [0.15, 0.2) is 12.3 Å². The first-order valence-electron chi connectivity index (χ1n) is 7.78. The van der Waals surface area contributed by atoms with E-state index in [0.29, 0.717) is 16.4 Å². The molecule has 2 heterocycles. The van der Waals surface area contributed by atoms with Crippen molar-refractivity contribution in [2.24, 2.45) is 5.92 Å². The van der Waals surface area contributed by atoms with Crippen molar-refractivity contribution in [1.29, 1.82) is 0 Å². The van der Waals surface area contributed by atoms with Crippen LogP contribution in [0.4, 0.5) is 5.82 Å². The smallest absolute Gasteiger partial charge is 0.255 e. The lowest BCUT2D eigenvalue weighted by Gasteiger charge is -2.21. The molecular formula is C16H24ClN3O. The van der Waals surface area contributed by atoms with Crippen LogP contribution < -0.4 is 5.32 Å². The van der Waals surface area contributed by atoms with E-state index in [0.717, 1.165) is 31.8 Å². The first kappa shape index (κ1) is 16.1. The number of hydrogen-bond acceptors (Lipinski definition) is 3. The lowest BCUT2D eigenvalue weighted by Crippen LogP contribution is -2.32. The van der Waals surface area contributed by atoms with Crippen LogP contribution in [-0.2, 0) is 0 Å². The van der Waals surface area contributed by atoms with Crippen molar-refractivity contribution in [1.82, 2.24) is 9.88 Å². The number of halogens is 1. The molecular weight excluding hydrogens is 286 g/mol. The molecule has 0 radical (unpaired) electrons. The number of aromatic nitrogens is 1. The SMILES string of the molecule is CCCC1CCCN(C(=O)c2cnc(NC)c(Cl)c2)CC1. The van der Waals surface area contributed by atoms with E-state index in [-0.39, 0.29) is 5.91 Å². The van der Waals surface area contributed by atoms with Crippen LogP contribution in [0.5, 0.6) is 0 Å². The molecule has 1 unspecified atom stereocenters. The van der Waals surface area contributed by atoms with Crippen LogP contribution in [0.25, 0.3) is 0 Å². The van der Waals surface area contributed by atoms with E-state index in [9.17, 15) is 4.79 Å². The molecule has 1 aromatic rings. The van der Waals surface area contributed by atoms with Gasteiger partial charge in [0, 0.05) is 26.3 Å². The predicted molar refractivity (Wildman–Crippen MR) is 86.9 cm³/mol. The normalized spacial score (nSPS) is 19.2. The second-order valence-corrected chi connectivity index (χ2v) is 6.09. The Hall–Kier alpha value is -1.29. The molecule has 1 aliphatic rings. The van der Waals surface area contributed by atoms with Crippen molar-refractivity contribution in [2.75, 3.05) is 25.5 Å². The molecule has 0 spiro atoms. The molecule has 1 fully saturated rings. The van der Waals surface area contributed by atoms with Crippen molar-refractivity contribution in [2.45, 2.75) is 39.0 Å². The highest BCUT2D eigenvalue weighted by atomic mass is 35.5. The van der Waals surface area contributed by atoms with Crippen LogP contribution in [0, 0.1) is 5.92 Å². The molecule has 0 aromatic carbocycles. The molecule has 0 bridgehead atoms. The molecule has 2 rings (SSSR count).